The Hall–Kier alpha value is -0.880. The van der Waals surface area contributed by atoms with E-state index in [0.717, 1.165) is 20.6 Å². The van der Waals surface area contributed by atoms with Gasteiger partial charge in [-0.2, -0.15) is 0 Å². The Labute approximate surface area is 124 Å². The summed E-state index contributed by atoms with van der Waals surface area (Å²) in [6.07, 6.45) is 1.30. The third-order valence-electron chi connectivity index (χ3n) is 2.41. The lowest BCUT2D eigenvalue weighted by Crippen LogP contribution is -2.02. The number of benzene rings is 1. The van der Waals surface area contributed by atoms with Gasteiger partial charge in [0.15, 0.2) is 5.78 Å². The SMILES string of the molecule is O=C(CCCOc1cccc(I)c1)c1cccs1. The lowest BCUT2D eigenvalue weighted by atomic mass is 10.2. The van der Waals surface area contributed by atoms with Crippen LogP contribution in [0.1, 0.15) is 22.5 Å². The second-order valence-electron chi connectivity index (χ2n) is 3.81. The number of carbonyl (C=O) groups excluding carboxylic acids is 1. The van der Waals surface area contributed by atoms with Crippen LogP contribution in [-0.2, 0) is 0 Å². The maximum absolute atomic E-state index is 11.7. The molecule has 0 radical (unpaired) electrons. The zero-order valence-corrected chi connectivity index (χ0v) is 12.7. The fraction of sp³-hybridized carbons (Fsp3) is 0.214. The van der Waals surface area contributed by atoms with Crippen LogP contribution in [0.4, 0.5) is 0 Å². The van der Waals surface area contributed by atoms with Gasteiger partial charge in [-0.3, -0.25) is 4.79 Å². The molecule has 18 heavy (non-hydrogen) atoms. The number of hydrogen-bond acceptors (Lipinski definition) is 3. The van der Waals surface area contributed by atoms with Crippen molar-refractivity contribution in [2.75, 3.05) is 6.61 Å². The molecule has 0 spiro atoms. The summed E-state index contributed by atoms with van der Waals surface area (Å²) >= 11 is 3.75. The number of hydrogen-bond donors (Lipinski definition) is 0. The lowest BCUT2D eigenvalue weighted by molar-refractivity contribution is 0.0977. The normalized spacial score (nSPS) is 10.3. The highest BCUT2D eigenvalue weighted by molar-refractivity contribution is 14.1. The summed E-state index contributed by atoms with van der Waals surface area (Å²) in [6.45, 7) is 0.581. The monoisotopic (exact) mass is 372 g/mol. The van der Waals surface area contributed by atoms with E-state index in [1.807, 2.05) is 41.8 Å². The number of carbonyl (C=O) groups is 1. The minimum Gasteiger partial charge on any atom is -0.494 e. The number of Topliss-reactive ketones (excluding diaryl/α,β-unsaturated/α-hetero) is 1. The zero-order chi connectivity index (χ0) is 12.8. The second-order valence-corrected chi connectivity index (χ2v) is 6.00. The molecule has 0 bridgehead atoms. The van der Waals surface area contributed by atoms with Gasteiger partial charge in [0.2, 0.25) is 0 Å². The molecular formula is C14H13IO2S. The van der Waals surface area contributed by atoms with Crippen LogP contribution in [-0.4, -0.2) is 12.4 Å². The van der Waals surface area contributed by atoms with E-state index < -0.39 is 0 Å². The number of ketones is 1. The van der Waals surface area contributed by atoms with Gasteiger partial charge in [-0.25, -0.2) is 0 Å². The molecule has 1 heterocycles. The molecule has 2 nitrogen and oxygen atoms in total. The molecule has 0 N–H and O–H groups in total. The molecule has 1 aromatic carbocycles. The van der Waals surface area contributed by atoms with Crippen LogP contribution in [0, 0.1) is 3.57 Å². The molecule has 0 unspecified atom stereocenters. The highest BCUT2D eigenvalue weighted by Crippen LogP contribution is 2.16. The molecular weight excluding hydrogens is 359 g/mol. The molecule has 0 saturated carbocycles. The van der Waals surface area contributed by atoms with Crippen molar-refractivity contribution in [3.05, 3.63) is 50.2 Å². The summed E-state index contributed by atoms with van der Waals surface area (Å²) in [6, 6.07) is 11.7. The number of rotatable bonds is 6. The molecule has 0 atom stereocenters. The molecule has 1 aromatic heterocycles. The van der Waals surface area contributed by atoms with Crippen molar-refractivity contribution in [1.29, 1.82) is 0 Å². The minimum absolute atomic E-state index is 0.205. The van der Waals surface area contributed by atoms with Crippen molar-refractivity contribution in [3.63, 3.8) is 0 Å². The van der Waals surface area contributed by atoms with Crippen molar-refractivity contribution in [2.24, 2.45) is 0 Å². The maximum atomic E-state index is 11.7. The van der Waals surface area contributed by atoms with Gasteiger partial charge >= 0.3 is 0 Å². The Balaban J connectivity index is 1.72. The van der Waals surface area contributed by atoms with Gasteiger partial charge in [-0.05, 0) is 58.7 Å². The Morgan fingerprint density at radius 1 is 1.28 bits per heavy atom. The number of ether oxygens (including phenoxy) is 1. The van der Waals surface area contributed by atoms with Crippen LogP contribution < -0.4 is 4.74 Å². The van der Waals surface area contributed by atoms with Crippen LogP contribution in [0.2, 0.25) is 0 Å². The van der Waals surface area contributed by atoms with E-state index in [1.54, 1.807) is 0 Å². The molecule has 0 aliphatic rings. The topological polar surface area (TPSA) is 26.3 Å². The Bertz CT molecular complexity index is 508. The molecule has 0 saturated heterocycles. The predicted octanol–water partition coefficient (Wildman–Crippen LogP) is 4.39. The van der Waals surface area contributed by atoms with E-state index in [0.29, 0.717) is 13.0 Å². The van der Waals surface area contributed by atoms with Crippen molar-refractivity contribution >= 4 is 39.7 Å². The van der Waals surface area contributed by atoms with Crippen LogP contribution in [0.5, 0.6) is 5.75 Å². The average molecular weight is 372 g/mol. The third-order valence-corrected chi connectivity index (χ3v) is 3.99. The van der Waals surface area contributed by atoms with Crippen molar-refractivity contribution < 1.29 is 9.53 Å². The molecule has 2 aromatic rings. The summed E-state index contributed by atoms with van der Waals surface area (Å²) in [5, 5.41) is 1.93. The fourth-order valence-corrected chi connectivity index (χ4v) is 2.75. The summed E-state index contributed by atoms with van der Waals surface area (Å²) < 4.78 is 6.75. The van der Waals surface area contributed by atoms with Crippen molar-refractivity contribution in [3.8, 4) is 5.75 Å². The van der Waals surface area contributed by atoms with Crippen LogP contribution in [0.25, 0.3) is 0 Å². The Morgan fingerprint density at radius 2 is 2.17 bits per heavy atom. The summed E-state index contributed by atoms with van der Waals surface area (Å²) in [5.74, 6) is 1.07. The van der Waals surface area contributed by atoms with Gasteiger partial charge in [0, 0.05) is 9.99 Å². The number of halogens is 1. The van der Waals surface area contributed by atoms with Gasteiger partial charge in [0.25, 0.3) is 0 Å². The second kappa shape index (κ2) is 6.89. The van der Waals surface area contributed by atoms with E-state index >= 15 is 0 Å². The van der Waals surface area contributed by atoms with E-state index in [-0.39, 0.29) is 5.78 Å². The molecule has 0 amide bonds. The first-order valence-electron chi connectivity index (χ1n) is 5.71. The largest absolute Gasteiger partial charge is 0.494 e. The van der Waals surface area contributed by atoms with Gasteiger partial charge < -0.3 is 4.74 Å². The van der Waals surface area contributed by atoms with Crippen LogP contribution in [0.15, 0.2) is 41.8 Å². The van der Waals surface area contributed by atoms with Gasteiger partial charge in [0.1, 0.15) is 5.75 Å². The molecule has 0 aliphatic carbocycles. The first kappa shape index (κ1) is 13.5. The Kier molecular flexibility index (Phi) is 5.19. The minimum atomic E-state index is 0.205. The molecule has 0 fully saturated rings. The highest BCUT2D eigenvalue weighted by atomic mass is 127. The van der Waals surface area contributed by atoms with Gasteiger partial charge in [-0.15, -0.1) is 11.3 Å². The quantitative estimate of drug-likeness (QED) is 0.427. The van der Waals surface area contributed by atoms with Crippen molar-refractivity contribution in [1.82, 2.24) is 0 Å². The van der Waals surface area contributed by atoms with Gasteiger partial charge in [-0.1, -0.05) is 12.1 Å². The van der Waals surface area contributed by atoms with Crippen LogP contribution >= 0.6 is 33.9 Å². The average Bonchev–Trinajstić information content (AvgIpc) is 2.88. The summed E-state index contributed by atoms with van der Waals surface area (Å²) in [4.78, 5) is 12.6. The standard InChI is InChI=1S/C14H13IO2S/c15-11-4-1-5-12(10-11)17-8-2-6-13(16)14-7-3-9-18-14/h1,3-5,7,9-10H,2,6,8H2. The predicted molar refractivity (Wildman–Crippen MR) is 82.5 cm³/mol. The summed E-state index contributed by atoms with van der Waals surface area (Å²) in [5.41, 5.74) is 0. The van der Waals surface area contributed by atoms with E-state index in [4.69, 9.17) is 4.74 Å². The highest BCUT2D eigenvalue weighted by Gasteiger charge is 2.06. The molecule has 4 heteroatoms. The van der Waals surface area contributed by atoms with E-state index in [2.05, 4.69) is 22.6 Å². The smallest absolute Gasteiger partial charge is 0.172 e. The summed E-state index contributed by atoms with van der Waals surface area (Å²) in [7, 11) is 0. The Morgan fingerprint density at radius 3 is 2.89 bits per heavy atom. The first-order chi connectivity index (χ1) is 8.75. The molecule has 0 aliphatic heterocycles. The molecule has 94 valence electrons. The fourth-order valence-electron chi connectivity index (χ4n) is 1.54. The zero-order valence-electron chi connectivity index (χ0n) is 9.77. The number of thiophene rings is 1. The molecule has 2 rings (SSSR count). The first-order valence-corrected chi connectivity index (χ1v) is 7.66. The van der Waals surface area contributed by atoms with Gasteiger partial charge in [0.05, 0.1) is 11.5 Å². The lowest BCUT2D eigenvalue weighted by Gasteiger charge is -2.05. The van der Waals surface area contributed by atoms with Crippen molar-refractivity contribution in [2.45, 2.75) is 12.8 Å². The maximum Gasteiger partial charge on any atom is 0.172 e. The third kappa shape index (κ3) is 4.10. The van der Waals surface area contributed by atoms with E-state index in [1.165, 1.54) is 11.3 Å². The van der Waals surface area contributed by atoms with Crippen LogP contribution in [0.3, 0.4) is 0 Å². The van der Waals surface area contributed by atoms with E-state index in [9.17, 15) is 4.79 Å².